The summed E-state index contributed by atoms with van der Waals surface area (Å²) in [6.07, 6.45) is -4.26. The van der Waals surface area contributed by atoms with E-state index >= 15 is 0 Å². The number of benzene rings is 1. The van der Waals surface area contributed by atoms with Gasteiger partial charge in [0.25, 0.3) is 11.9 Å². The molecule has 0 aliphatic carbocycles. The highest BCUT2D eigenvalue weighted by molar-refractivity contribution is 5.94. The van der Waals surface area contributed by atoms with Gasteiger partial charge < -0.3 is 10.2 Å². The first-order chi connectivity index (χ1) is 16.9. The molecule has 1 aliphatic heterocycles. The van der Waals surface area contributed by atoms with Crippen molar-refractivity contribution in [3.05, 3.63) is 59.2 Å². The monoisotopic (exact) mass is 513 g/mol. The molecule has 3 heterocycles. The van der Waals surface area contributed by atoms with Crippen molar-refractivity contribution in [2.24, 2.45) is 0 Å². The van der Waals surface area contributed by atoms with Crippen LogP contribution in [-0.2, 0) is 12.4 Å². The van der Waals surface area contributed by atoms with Gasteiger partial charge in [-0.3, -0.25) is 4.79 Å². The second-order valence-corrected chi connectivity index (χ2v) is 8.27. The highest BCUT2D eigenvalue weighted by Gasteiger charge is 2.37. The van der Waals surface area contributed by atoms with Crippen LogP contribution in [0.5, 0.6) is 0 Å². The van der Waals surface area contributed by atoms with E-state index in [9.17, 15) is 31.1 Å². The summed E-state index contributed by atoms with van der Waals surface area (Å²) in [5.41, 5.74) is -3.95. The molecule has 1 fully saturated rings. The van der Waals surface area contributed by atoms with Crippen molar-refractivity contribution in [3.63, 3.8) is 0 Å². The lowest BCUT2D eigenvalue weighted by atomic mass is 10.0. The molecule has 0 bridgehead atoms. The van der Waals surface area contributed by atoms with Gasteiger partial charge in [0.15, 0.2) is 5.82 Å². The lowest BCUT2D eigenvalue weighted by molar-refractivity contribution is -0.143. The van der Waals surface area contributed by atoms with Crippen molar-refractivity contribution in [2.75, 3.05) is 18.0 Å². The van der Waals surface area contributed by atoms with Crippen LogP contribution in [0, 0.1) is 0 Å². The SMILES string of the molecule is CC(NC(=O)c1cc(C(F)(F)F)cc(C(F)(F)F)c1)c1nc(N2CCCCC2)nn1-c1ncccn1. The van der Waals surface area contributed by atoms with E-state index in [1.54, 1.807) is 6.07 Å². The topological polar surface area (TPSA) is 88.8 Å². The van der Waals surface area contributed by atoms with Crippen molar-refractivity contribution in [3.8, 4) is 5.95 Å². The zero-order valence-corrected chi connectivity index (χ0v) is 18.9. The molecule has 1 amide bonds. The molecule has 1 unspecified atom stereocenters. The number of hydrogen-bond acceptors (Lipinski definition) is 6. The van der Waals surface area contributed by atoms with Gasteiger partial charge in [-0.1, -0.05) is 0 Å². The predicted molar refractivity (Wildman–Crippen MR) is 115 cm³/mol. The maximum absolute atomic E-state index is 13.2. The van der Waals surface area contributed by atoms with Gasteiger partial charge >= 0.3 is 12.4 Å². The van der Waals surface area contributed by atoms with Crippen LogP contribution < -0.4 is 10.2 Å². The Hall–Kier alpha value is -3.71. The van der Waals surface area contributed by atoms with E-state index in [1.807, 2.05) is 4.90 Å². The van der Waals surface area contributed by atoms with Crippen LogP contribution in [0.4, 0.5) is 32.3 Å². The minimum atomic E-state index is -5.07. The lowest BCUT2D eigenvalue weighted by Gasteiger charge is -2.25. The molecule has 14 heteroatoms. The van der Waals surface area contributed by atoms with Crippen LogP contribution in [-0.4, -0.2) is 43.7 Å². The fraction of sp³-hybridized carbons (Fsp3) is 0.409. The number of carbonyl (C=O) groups is 1. The number of nitrogens with one attached hydrogen (secondary N) is 1. The third kappa shape index (κ3) is 5.57. The summed E-state index contributed by atoms with van der Waals surface area (Å²) in [6, 6.07) is 1.34. The van der Waals surface area contributed by atoms with E-state index in [0.717, 1.165) is 19.3 Å². The molecule has 1 N–H and O–H groups in total. The number of anilines is 1. The Balaban J connectivity index is 1.67. The van der Waals surface area contributed by atoms with Gasteiger partial charge in [-0.05, 0) is 50.5 Å². The third-order valence-corrected chi connectivity index (χ3v) is 5.59. The molecule has 0 saturated carbocycles. The van der Waals surface area contributed by atoms with Crippen LogP contribution in [0.2, 0.25) is 0 Å². The molecule has 192 valence electrons. The predicted octanol–water partition coefficient (Wildman–Crippen LogP) is 4.58. The van der Waals surface area contributed by atoms with Gasteiger partial charge in [0, 0.05) is 31.0 Å². The van der Waals surface area contributed by atoms with Gasteiger partial charge in [-0.15, -0.1) is 5.10 Å². The molecule has 0 spiro atoms. The van der Waals surface area contributed by atoms with E-state index < -0.39 is 41.0 Å². The smallest absolute Gasteiger partial charge is 0.342 e. The molecule has 1 aromatic carbocycles. The number of halogens is 6. The Morgan fingerprint density at radius 2 is 1.50 bits per heavy atom. The van der Waals surface area contributed by atoms with E-state index in [-0.39, 0.29) is 17.8 Å². The highest BCUT2D eigenvalue weighted by Crippen LogP contribution is 2.36. The van der Waals surface area contributed by atoms with E-state index in [1.165, 1.54) is 24.0 Å². The van der Waals surface area contributed by atoms with Gasteiger partial charge in [0.05, 0.1) is 17.2 Å². The fourth-order valence-corrected chi connectivity index (χ4v) is 3.80. The number of amides is 1. The van der Waals surface area contributed by atoms with Gasteiger partial charge in [-0.2, -0.15) is 36.0 Å². The summed E-state index contributed by atoms with van der Waals surface area (Å²) in [5.74, 6) is -0.472. The summed E-state index contributed by atoms with van der Waals surface area (Å²) in [6.45, 7) is 2.91. The van der Waals surface area contributed by atoms with Gasteiger partial charge in [0.1, 0.15) is 0 Å². The zero-order chi connectivity index (χ0) is 26.1. The number of rotatable bonds is 5. The Morgan fingerprint density at radius 3 is 2.06 bits per heavy atom. The van der Waals surface area contributed by atoms with Gasteiger partial charge in [0.2, 0.25) is 5.95 Å². The van der Waals surface area contributed by atoms with Crippen molar-refractivity contribution < 1.29 is 31.1 Å². The molecule has 1 saturated heterocycles. The molecule has 4 rings (SSSR count). The minimum Gasteiger partial charge on any atom is -0.342 e. The molecule has 1 atom stereocenters. The number of aromatic nitrogens is 5. The van der Waals surface area contributed by atoms with Crippen molar-refractivity contribution >= 4 is 11.9 Å². The number of carbonyl (C=O) groups excluding carboxylic acids is 1. The Bertz CT molecular complexity index is 1190. The van der Waals surface area contributed by atoms with E-state index in [4.69, 9.17) is 0 Å². The summed E-state index contributed by atoms with van der Waals surface area (Å²) >= 11 is 0. The number of piperidine rings is 1. The maximum atomic E-state index is 13.2. The molecular weight excluding hydrogens is 492 g/mol. The molecule has 1 aliphatic rings. The van der Waals surface area contributed by atoms with Crippen molar-refractivity contribution in [1.82, 2.24) is 30.0 Å². The molecular formula is C22H21F6N7O. The highest BCUT2D eigenvalue weighted by atomic mass is 19.4. The Kier molecular flexibility index (Phi) is 6.87. The van der Waals surface area contributed by atoms with E-state index in [0.29, 0.717) is 31.2 Å². The second kappa shape index (κ2) is 9.74. The van der Waals surface area contributed by atoms with Crippen LogP contribution >= 0.6 is 0 Å². The Morgan fingerprint density at radius 1 is 0.917 bits per heavy atom. The van der Waals surface area contributed by atoms with Crippen molar-refractivity contribution in [2.45, 2.75) is 44.6 Å². The average molecular weight is 513 g/mol. The first kappa shape index (κ1) is 25.4. The molecule has 0 radical (unpaired) electrons. The van der Waals surface area contributed by atoms with Crippen LogP contribution in [0.3, 0.4) is 0 Å². The quantitative estimate of drug-likeness (QED) is 0.503. The normalized spacial score (nSPS) is 15.6. The van der Waals surface area contributed by atoms with Crippen molar-refractivity contribution in [1.29, 1.82) is 0 Å². The second-order valence-electron chi connectivity index (χ2n) is 8.27. The molecule has 2 aromatic heterocycles. The minimum absolute atomic E-state index is 0.0333. The van der Waals surface area contributed by atoms with E-state index in [2.05, 4.69) is 25.4 Å². The first-order valence-electron chi connectivity index (χ1n) is 11.0. The lowest BCUT2D eigenvalue weighted by Crippen LogP contribution is -2.30. The summed E-state index contributed by atoms with van der Waals surface area (Å²) in [4.78, 5) is 27.5. The fourth-order valence-electron chi connectivity index (χ4n) is 3.80. The number of alkyl halides is 6. The molecule has 3 aromatic rings. The first-order valence-corrected chi connectivity index (χ1v) is 11.0. The summed E-state index contributed by atoms with van der Waals surface area (Å²) in [7, 11) is 0. The third-order valence-electron chi connectivity index (χ3n) is 5.59. The van der Waals surface area contributed by atoms with Crippen LogP contribution in [0.15, 0.2) is 36.7 Å². The maximum Gasteiger partial charge on any atom is 0.416 e. The van der Waals surface area contributed by atoms with Crippen LogP contribution in [0.1, 0.15) is 59.5 Å². The largest absolute Gasteiger partial charge is 0.416 e. The van der Waals surface area contributed by atoms with Crippen LogP contribution in [0.25, 0.3) is 5.95 Å². The Labute approximate surface area is 201 Å². The summed E-state index contributed by atoms with van der Waals surface area (Å²) in [5, 5.41) is 6.88. The molecule has 8 nitrogen and oxygen atoms in total. The number of nitrogens with zero attached hydrogens (tertiary/aromatic N) is 6. The molecule has 36 heavy (non-hydrogen) atoms. The summed E-state index contributed by atoms with van der Waals surface area (Å²) < 4.78 is 80.5. The zero-order valence-electron chi connectivity index (χ0n) is 18.9. The standard InChI is InChI=1S/C22H21F6N7O/c1-13(31-18(36)14-10-15(21(23,24)25)12-16(11-14)22(26,27)28)17-32-20(34-8-3-2-4-9-34)33-35(17)19-29-6-5-7-30-19/h5-7,10-13H,2-4,8-9H2,1H3,(H,31,36). The van der Waals surface area contributed by atoms with Gasteiger partial charge in [-0.25, -0.2) is 9.97 Å². The average Bonchev–Trinajstić information content (AvgIpc) is 3.29. The number of hydrogen-bond donors (Lipinski definition) is 1.